The molecular formula is C15H26N2OS. The van der Waals surface area contributed by atoms with Gasteiger partial charge in [-0.15, -0.1) is 0 Å². The fraction of sp³-hybridized carbons (Fsp3) is 0.800. The van der Waals surface area contributed by atoms with E-state index in [0.29, 0.717) is 12.5 Å². The van der Waals surface area contributed by atoms with Crippen molar-refractivity contribution < 1.29 is 5.11 Å². The number of aromatic nitrogens is 2. The number of thioether (sulfide) groups is 1. The van der Waals surface area contributed by atoms with E-state index in [1.807, 2.05) is 11.8 Å². The minimum atomic E-state index is -0.234. The van der Waals surface area contributed by atoms with Crippen molar-refractivity contribution in [3.8, 4) is 0 Å². The highest BCUT2D eigenvalue weighted by Gasteiger charge is 2.16. The highest BCUT2D eigenvalue weighted by atomic mass is 32.2. The number of rotatable bonds is 7. The summed E-state index contributed by atoms with van der Waals surface area (Å²) in [5, 5.41) is 14.6. The molecule has 4 heteroatoms. The molecule has 0 bridgehead atoms. The summed E-state index contributed by atoms with van der Waals surface area (Å²) in [7, 11) is 0. The lowest BCUT2D eigenvalue weighted by Gasteiger charge is -2.21. The molecule has 0 saturated heterocycles. The van der Waals surface area contributed by atoms with E-state index in [1.54, 1.807) is 0 Å². The third kappa shape index (κ3) is 4.84. The minimum Gasteiger partial charge on any atom is -0.393 e. The van der Waals surface area contributed by atoms with Gasteiger partial charge in [-0.1, -0.05) is 19.3 Å². The average Bonchev–Trinajstić information content (AvgIpc) is 2.88. The Morgan fingerprint density at radius 3 is 2.95 bits per heavy atom. The zero-order valence-corrected chi connectivity index (χ0v) is 12.7. The lowest BCUT2D eigenvalue weighted by molar-refractivity contribution is 0.162. The Morgan fingerprint density at radius 1 is 1.42 bits per heavy atom. The lowest BCUT2D eigenvalue weighted by Crippen LogP contribution is -2.15. The topological polar surface area (TPSA) is 38.0 Å². The molecular weight excluding hydrogens is 256 g/mol. The molecule has 1 aromatic heterocycles. The Labute approximate surface area is 120 Å². The fourth-order valence-corrected chi connectivity index (χ4v) is 3.30. The number of aliphatic hydroxyl groups excluding tert-OH is 1. The van der Waals surface area contributed by atoms with Crippen LogP contribution in [0.5, 0.6) is 0 Å². The molecule has 1 atom stereocenters. The molecule has 19 heavy (non-hydrogen) atoms. The van der Waals surface area contributed by atoms with Gasteiger partial charge in [-0.2, -0.15) is 16.9 Å². The molecule has 1 aliphatic carbocycles. The van der Waals surface area contributed by atoms with Gasteiger partial charge in [0.25, 0.3) is 0 Å². The summed E-state index contributed by atoms with van der Waals surface area (Å²) in [5.41, 5.74) is 1.04. The molecule has 0 aromatic carbocycles. The third-order valence-corrected chi connectivity index (χ3v) is 4.64. The highest BCUT2D eigenvalue weighted by molar-refractivity contribution is 7.98. The van der Waals surface area contributed by atoms with Crippen molar-refractivity contribution in [3.63, 3.8) is 0 Å². The second-order valence-corrected chi connectivity index (χ2v) is 6.56. The second-order valence-electron chi connectivity index (χ2n) is 5.57. The van der Waals surface area contributed by atoms with Crippen molar-refractivity contribution >= 4 is 11.8 Å². The molecule has 1 aliphatic rings. The maximum Gasteiger partial charge on any atom is 0.0650 e. The first kappa shape index (κ1) is 14.9. The first-order chi connectivity index (χ1) is 9.29. The largest absolute Gasteiger partial charge is 0.393 e. The maximum absolute atomic E-state index is 9.99. The number of aliphatic hydroxyl groups is 1. The summed E-state index contributed by atoms with van der Waals surface area (Å²) in [5.74, 6) is 1.13. The van der Waals surface area contributed by atoms with Crippen molar-refractivity contribution in [2.24, 2.45) is 0 Å². The summed E-state index contributed by atoms with van der Waals surface area (Å²) in [6, 6.07) is 2.67. The van der Waals surface area contributed by atoms with Gasteiger partial charge in [0.15, 0.2) is 0 Å². The molecule has 0 aliphatic heterocycles. The summed E-state index contributed by atoms with van der Waals surface area (Å²) < 4.78 is 2.13. The van der Waals surface area contributed by atoms with Gasteiger partial charge in [-0.05, 0) is 43.8 Å². The van der Waals surface area contributed by atoms with Crippen molar-refractivity contribution in [1.82, 2.24) is 9.78 Å². The molecule has 108 valence electrons. The predicted octanol–water partition coefficient (Wildman–Crippen LogP) is 3.43. The molecule has 3 nitrogen and oxygen atoms in total. The van der Waals surface area contributed by atoms with Crippen LogP contribution in [0.4, 0.5) is 0 Å². The highest BCUT2D eigenvalue weighted by Crippen LogP contribution is 2.27. The second kappa shape index (κ2) is 7.95. The van der Waals surface area contributed by atoms with Crippen LogP contribution in [0.2, 0.25) is 0 Å². The zero-order chi connectivity index (χ0) is 13.5. The molecule has 1 saturated carbocycles. The van der Waals surface area contributed by atoms with Crippen LogP contribution in [0.1, 0.15) is 56.7 Å². The van der Waals surface area contributed by atoms with Crippen molar-refractivity contribution in [2.45, 2.75) is 63.5 Å². The van der Waals surface area contributed by atoms with Gasteiger partial charge in [-0.3, -0.25) is 4.68 Å². The van der Waals surface area contributed by atoms with E-state index in [9.17, 15) is 5.11 Å². The van der Waals surface area contributed by atoms with E-state index in [1.165, 1.54) is 32.1 Å². The van der Waals surface area contributed by atoms with Crippen molar-refractivity contribution in [3.05, 3.63) is 18.0 Å². The van der Waals surface area contributed by atoms with E-state index < -0.39 is 0 Å². The van der Waals surface area contributed by atoms with Gasteiger partial charge < -0.3 is 5.11 Å². The van der Waals surface area contributed by atoms with Gasteiger partial charge >= 0.3 is 0 Å². The molecule has 2 rings (SSSR count). The Morgan fingerprint density at radius 2 is 2.21 bits per heavy atom. The molecule has 1 heterocycles. The molecule has 1 unspecified atom stereocenters. The fourth-order valence-electron chi connectivity index (χ4n) is 2.84. The van der Waals surface area contributed by atoms with E-state index >= 15 is 0 Å². The van der Waals surface area contributed by atoms with Gasteiger partial charge in [0.1, 0.15) is 0 Å². The Kier molecular flexibility index (Phi) is 6.24. The Bertz CT molecular complexity index is 361. The van der Waals surface area contributed by atoms with E-state index in [2.05, 4.69) is 28.3 Å². The molecule has 0 radical (unpaired) electrons. The SMILES string of the molecule is CSCCCC(O)Cc1ccn(C2CCCCC2)n1. The van der Waals surface area contributed by atoms with Crippen LogP contribution in [0, 0.1) is 0 Å². The smallest absolute Gasteiger partial charge is 0.0650 e. The van der Waals surface area contributed by atoms with Crippen LogP contribution >= 0.6 is 11.8 Å². The quantitative estimate of drug-likeness (QED) is 0.779. The summed E-state index contributed by atoms with van der Waals surface area (Å²) in [6.45, 7) is 0. The summed E-state index contributed by atoms with van der Waals surface area (Å²) >= 11 is 1.84. The zero-order valence-electron chi connectivity index (χ0n) is 11.9. The van der Waals surface area contributed by atoms with Crippen LogP contribution in [0.25, 0.3) is 0 Å². The van der Waals surface area contributed by atoms with E-state index in [4.69, 9.17) is 0 Å². The Hall–Kier alpha value is -0.480. The lowest BCUT2D eigenvalue weighted by atomic mass is 9.96. The normalized spacial score (nSPS) is 18.6. The molecule has 1 fully saturated rings. The first-order valence-corrected chi connectivity index (χ1v) is 8.90. The Balaban J connectivity index is 1.79. The standard InChI is InChI=1S/C15H26N2OS/c1-19-11-5-8-15(18)12-13-9-10-17(16-13)14-6-3-2-4-7-14/h9-10,14-15,18H,2-8,11-12H2,1H3. The van der Waals surface area contributed by atoms with Crippen molar-refractivity contribution in [2.75, 3.05) is 12.0 Å². The van der Waals surface area contributed by atoms with Crippen LogP contribution in [-0.4, -0.2) is 33.0 Å². The van der Waals surface area contributed by atoms with Crippen LogP contribution in [0.15, 0.2) is 12.3 Å². The molecule has 0 amide bonds. The molecule has 1 N–H and O–H groups in total. The van der Waals surface area contributed by atoms with Crippen LogP contribution < -0.4 is 0 Å². The van der Waals surface area contributed by atoms with Crippen LogP contribution in [-0.2, 0) is 6.42 Å². The van der Waals surface area contributed by atoms with Gasteiger partial charge in [0.2, 0.25) is 0 Å². The van der Waals surface area contributed by atoms with Gasteiger partial charge in [-0.25, -0.2) is 0 Å². The van der Waals surface area contributed by atoms with E-state index in [-0.39, 0.29) is 6.10 Å². The summed E-state index contributed by atoms with van der Waals surface area (Å²) in [6.07, 6.45) is 13.2. The summed E-state index contributed by atoms with van der Waals surface area (Å²) in [4.78, 5) is 0. The molecule has 1 aromatic rings. The van der Waals surface area contributed by atoms with Gasteiger partial charge in [0.05, 0.1) is 17.8 Å². The minimum absolute atomic E-state index is 0.234. The number of nitrogens with zero attached hydrogens (tertiary/aromatic N) is 2. The third-order valence-electron chi connectivity index (χ3n) is 3.94. The van der Waals surface area contributed by atoms with Crippen molar-refractivity contribution in [1.29, 1.82) is 0 Å². The van der Waals surface area contributed by atoms with E-state index in [0.717, 1.165) is 24.3 Å². The maximum atomic E-state index is 9.99. The average molecular weight is 282 g/mol. The predicted molar refractivity (Wildman–Crippen MR) is 81.7 cm³/mol. The monoisotopic (exact) mass is 282 g/mol. The first-order valence-electron chi connectivity index (χ1n) is 7.50. The van der Waals surface area contributed by atoms with Gasteiger partial charge in [0, 0.05) is 12.6 Å². The van der Waals surface area contributed by atoms with Crippen LogP contribution in [0.3, 0.4) is 0 Å². The molecule has 0 spiro atoms. The number of hydrogen-bond acceptors (Lipinski definition) is 3. The number of hydrogen-bond donors (Lipinski definition) is 1.